The molecule has 102 valence electrons. The van der Waals surface area contributed by atoms with Gasteiger partial charge in [0.05, 0.1) is 5.56 Å². The van der Waals surface area contributed by atoms with Crippen LogP contribution in [0, 0.1) is 23.6 Å². The molecule has 0 radical (unpaired) electrons. The zero-order valence-corrected chi connectivity index (χ0v) is 10.7. The molecule has 2 aliphatic carbocycles. The number of anilines is 1. The quantitative estimate of drug-likeness (QED) is 0.875. The number of rotatable bonds is 4. The summed E-state index contributed by atoms with van der Waals surface area (Å²) in [6.07, 6.45) is 5.36. The first-order valence-corrected chi connectivity index (χ1v) is 6.90. The minimum atomic E-state index is -1.22. The smallest absolute Gasteiger partial charge is 0.338 e. The lowest BCUT2D eigenvalue weighted by atomic mass is 9.89. The van der Waals surface area contributed by atoms with Crippen LogP contribution < -0.4 is 5.32 Å². The zero-order chi connectivity index (χ0) is 13.4. The van der Waals surface area contributed by atoms with Crippen molar-refractivity contribution in [2.24, 2.45) is 17.8 Å². The van der Waals surface area contributed by atoms with E-state index < -0.39 is 11.8 Å². The molecule has 1 aromatic carbocycles. The van der Waals surface area contributed by atoms with Gasteiger partial charge < -0.3 is 10.4 Å². The van der Waals surface area contributed by atoms with Crippen molar-refractivity contribution in [2.45, 2.75) is 25.7 Å². The summed E-state index contributed by atoms with van der Waals surface area (Å²) in [6, 6.07) is 4.23. The highest BCUT2D eigenvalue weighted by Gasteiger charge is 2.38. The van der Waals surface area contributed by atoms with Crippen LogP contribution in [0.5, 0.6) is 0 Å². The van der Waals surface area contributed by atoms with Crippen molar-refractivity contribution in [1.29, 1.82) is 0 Å². The van der Waals surface area contributed by atoms with Crippen LogP contribution in [0.1, 0.15) is 36.0 Å². The number of carboxylic acid groups (broad SMARTS) is 1. The average Bonchev–Trinajstić information content (AvgIpc) is 2.98. The van der Waals surface area contributed by atoms with E-state index in [1.807, 2.05) is 0 Å². The summed E-state index contributed by atoms with van der Waals surface area (Å²) >= 11 is 0. The van der Waals surface area contributed by atoms with Crippen LogP contribution in [-0.2, 0) is 0 Å². The summed E-state index contributed by atoms with van der Waals surface area (Å²) in [5, 5.41) is 12.0. The van der Waals surface area contributed by atoms with Gasteiger partial charge in [-0.15, -0.1) is 0 Å². The Bertz CT molecular complexity index is 503. The largest absolute Gasteiger partial charge is 0.478 e. The normalized spacial score (nSPS) is 28.6. The third-order valence-corrected chi connectivity index (χ3v) is 4.65. The first kappa shape index (κ1) is 12.5. The van der Waals surface area contributed by atoms with E-state index in [2.05, 4.69) is 5.32 Å². The standard InChI is InChI=1S/C15H18FNO2/c16-14-7-12(3-4-13(14)15(18)19)17-8-11-6-9-1-2-10(11)5-9/h3-4,7,9-11,17H,1-2,5-6,8H2,(H,18,19). The summed E-state index contributed by atoms with van der Waals surface area (Å²) in [4.78, 5) is 10.7. The summed E-state index contributed by atoms with van der Waals surface area (Å²) in [5.41, 5.74) is 0.399. The summed E-state index contributed by atoms with van der Waals surface area (Å²) < 4.78 is 13.5. The highest BCUT2D eigenvalue weighted by Crippen LogP contribution is 2.48. The molecule has 2 saturated carbocycles. The molecule has 3 rings (SSSR count). The van der Waals surface area contributed by atoms with Gasteiger partial charge in [0.2, 0.25) is 0 Å². The van der Waals surface area contributed by atoms with Gasteiger partial charge in [0.1, 0.15) is 5.82 Å². The Morgan fingerprint density at radius 2 is 2.21 bits per heavy atom. The van der Waals surface area contributed by atoms with Crippen molar-refractivity contribution >= 4 is 11.7 Å². The fraction of sp³-hybridized carbons (Fsp3) is 0.533. The fourth-order valence-corrected chi connectivity index (χ4v) is 3.67. The van der Waals surface area contributed by atoms with Crippen molar-refractivity contribution in [3.05, 3.63) is 29.6 Å². The molecule has 2 N–H and O–H groups in total. The van der Waals surface area contributed by atoms with Gasteiger partial charge in [-0.1, -0.05) is 6.42 Å². The van der Waals surface area contributed by atoms with Gasteiger partial charge in [-0.05, 0) is 55.2 Å². The van der Waals surface area contributed by atoms with Gasteiger partial charge in [-0.25, -0.2) is 9.18 Å². The van der Waals surface area contributed by atoms with Gasteiger partial charge >= 0.3 is 5.97 Å². The highest BCUT2D eigenvalue weighted by molar-refractivity contribution is 5.88. The molecule has 3 nitrogen and oxygen atoms in total. The maximum absolute atomic E-state index is 13.5. The number of hydrogen-bond acceptors (Lipinski definition) is 2. The molecule has 19 heavy (non-hydrogen) atoms. The molecule has 2 aliphatic rings. The summed E-state index contributed by atoms with van der Waals surface area (Å²) in [6.45, 7) is 0.868. The minimum absolute atomic E-state index is 0.273. The Labute approximate surface area is 111 Å². The fourth-order valence-electron chi connectivity index (χ4n) is 3.67. The molecule has 2 bridgehead atoms. The molecule has 4 heteroatoms. The van der Waals surface area contributed by atoms with E-state index in [1.54, 1.807) is 6.07 Å². The van der Waals surface area contributed by atoms with Crippen LogP contribution in [0.4, 0.5) is 10.1 Å². The van der Waals surface area contributed by atoms with Crippen LogP contribution in [0.25, 0.3) is 0 Å². The lowest BCUT2D eigenvalue weighted by Crippen LogP contribution is -2.20. The molecule has 0 saturated heterocycles. The highest BCUT2D eigenvalue weighted by atomic mass is 19.1. The number of carbonyl (C=O) groups is 1. The molecule has 3 atom stereocenters. The van der Waals surface area contributed by atoms with E-state index in [0.717, 1.165) is 18.4 Å². The monoisotopic (exact) mass is 263 g/mol. The van der Waals surface area contributed by atoms with E-state index >= 15 is 0 Å². The van der Waals surface area contributed by atoms with Crippen molar-refractivity contribution < 1.29 is 14.3 Å². The molecule has 0 heterocycles. The maximum atomic E-state index is 13.5. The minimum Gasteiger partial charge on any atom is -0.478 e. The number of benzene rings is 1. The van der Waals surface area contributed by atoms with E-state index in [9.17, 15) is 9.18 Å². The van der Waals surface area contributed by atoms with Gasteiger partial charge in [0.15, 0.2) is 0 Å². The molecular weight excluding hydrogens is 245 g/mol. The molecule has 2 fully saturated rings. The predicted molar refractivity (Wildman–Crippen MR) is 70.8 cm³/mol. The van der Waals surface area contributed by atoms with Crippen LogP contribution in [0.2, 0.25) is 0 Å². The van der Waals surface area contributed by atoms with Crippen LogP contribution >= 0.6 is 0 Å². The van der Waals surface area contributed by atoms with Crippen LogP contribution in [-0.4, -0.2) is 17.6 Å². The number of hydrogen-bond donors (Lipinski definition) is 2. The van der Waals surface area contributed by atoms with Crippen molar-refractivity contribution in [3.8, 4) is 0 Å². The second-order valence-electron chi connectivity index (χ2n) is 5.82. The summed E-state index contributed by atoms with van der Waals surface area (Å²) in [5.74, 6) is 0.534. The van der Waals surface area contributed by atoms with Crippen LogP contribution in [0.3, 0.4) is 0 Å². The predicted octanol–water partition coefficient (Wildman–Crippen LogP) is 3.37. The number of fused-ring (bicyclic) bond motifs is 2. The summed E-state index contributed by atoms with van der Waals surface area (Å²) in [7, 11) is 0. The number of halogens is 1. The number of aromatic carboxylic acids is 1. The van der Waals surface area contributed by atoms with Gasteiger partial charge in [-0.3, -0.25) is 0 Å². The molecule has 0 aromatic heterocycles. The Morgan fingerprint density at radius 3 is 2.79 bits per heavy atom. The van der Waals surface area contributed by atoms with E-state index in [1.165, 1.54) is 37.8 Å². The van der Waals surface area contributed by atoms with Crippen molar-refractivity contribution in [1.82, 2.24) is 0 Å². The second-order valence-corrected chi connectivity index (χ2v) is 5.82. The lowest BCUT2D eigenvalue weighted by molar-refractivity contribution is 0.0692. The third-order valence-electron chi connectivity index (χ3n) is 4.65. The van der Waals surface area contributed by atoms with Crippen LogP contribution in [0.15, 0.2) is 18.2 Å². The number of nitrogens with one attached hydrogen (secondary N) is 1. The van der Waals surface area contributed by atoms with Gasteiger partial charge in [-0.2, -0.15) is 0 Å². The van der Waals surface area contributed by atoms with Crippen molar-refractivity contribution in [3.63, 3.8) is 0 Å². The first-order valence-electron chi connectivity index (χ1n) is 6.90. The zero-order valence-electron chi connectivity index (χ0n) is 10.7. The van der Waals surface area contributed by atoms with Crippen molar-refractivity contribution in [2.75, 3.05) is 11.9 Å². The Balaban J connectivity index is 1.61. The molecule has 1 aromatic rings. The Kier molecular flexibility index (Phi) is 3.17. The SMILES string of the molecule is O=C(O)c1ccc(NCC2CC3CCC2C3)cc1F. The topological polar surface area (TPSA) is 49.3 Å². The molecular formula is C15H18FNO2. The molecule has 0 spiro atoms. The third kappa shape index (κ3) is 2.44. The molecule has 0 aliphatic heterocycles. The second kappa shape index (κ2) is 4.83. The number of carboxylic acids is 1. The Hall–Kier alpha value is -1.58. The average molecular weight is 263 g/mol. The van der Waals surface area contributed by atoms with E-state index in [-0.39, 0.29) is 5.56 Å². The first-order chi connectivity index (χ1) is 9.13. The molecule has 0 amide bonds. The van der Waals surface area contributed by atoms with E-state index in [0.29, 0.717) is 11.6 Å². The molecule has 3 unspecified atom stereocenters. The maximum Gasteiger partial charge on any atom is 0.338 e. The van der Waals surface area contributed by atoms with E-state index in [4.69, 9.17) is 5.11 Å². The Morgan fingerprint density at radius 1 is 1.37 bits per heavy atom. The lowest BCUT2D eigenvalue weighted by Gasteiger charge is -2.22. The van der Waals surface area contributed by atoms with Gasteiger partial charge in [0, 0.05) is 12.2 Å². The van der Waals surface area contributed by atoms with Gasteiger partial charge in [0.25, 0.3) is 0 Å².